The average Bonchev–Trinajstić information content (AvgIpc) is 2.50. The van der Waals surface area contributed by atoms with Gasteiger partial charge in [0.15, 0.2) is 0 Å². The van der Waals surface area contributed by atoms with Crippen molar-refractivity contribution in [1.82, 2.24) is 9.78 Å². The Morgan fingerprint density at radius 3 is 2.67 bits per heavy atom. The Balaban J connectivity index is 1.79. The molecule has 4 nitrogen and oxygen atoms in total. The lowest BCUT2D eigenvalue weighted by Crippen LogP contribution is -2.32. The molecule has 5 heteroatoms. The van der Waals surface area contributed by atoms with Gasteiger partial charge in [-0.3, -0.25) is 4.79 Å². The first-order valence-electron chi connectivity index (χ1n) is 7.29. The number of hydrogen-bond acceptors (Lipinski definition) is 3. The maximum absolute atomic E-state index is 12.2. The molecule has 0 aliphatic carbocycles. The van der Waals surface area contributed by atoms with Gasteiger partial charge in [-0.1, -0.05) is 28.1 Å². The van der Waals surface area contributed by atoms with Crippen LogP contribution in [0, 0.1) is 0 Å². The second-order valence-electron chi connectivity index (χ2n) is 5.39. The van der Waals surface area contributed by atoms with Crippen LogP contribution < -0.4 is 10.5 Å². The summed E-state index contributed by atoms with van der Waals surface area (Å²) in [6, 6.07) is 9.64. The molecule has 0 unspecified atom stereocenters. The molecule has 0 N–H and O–H groups in total. The van der Waals surface area contributed by atoms with Crippen molar-refractivity contribution in [2.75, 3.05) is 18.0 Å². The van der Waals surface area contributed by atoms with Gasteiger partial charge in [-0.2, -0.15) is 5.10 Å². The molecule has 1 aliphatic heterocycles. The smallest absolute Gasteiger partial charge is 0.269 e. The monoisotopic (exact) mass is 347 g/mol. The highest BCUT2D eigenvalue weighted by molar-refractivity contribution is 9.10. The van der Waals surface area contributed by atoms with Crippen molar-refractivity contribution in [3.05, 3.63) is 56.9 Å². The summed E-state index contributed by atoms with van der Waals surface area (Å²) in [7, 11) is 0. The van der Waals surface area contributed by atoms with E-state index in [2.05, 4.69) is 25.9 Å². The molecule has 1 fully saturated rings. The fourth-order valence-corrected chi connectivity index (χ4v) is 3.12. The number of halogens is 1. The summed E-state index contributed by atoms with van der Waals surface area (Å²) in [5.74, 6) is 0. The van der Waals surface area contributed by atoms with Crippen molar-refractivity contribution in [2.45, 2.75) is 25.8 Å². The zero-order valence-corrected chi connectivity index (χ0v) is 13.4. The number of hydrogen-bond donors (Lipinski definition) is 0. The van der Waals surface area contributed by atoms with E-state index in [1.165, 1.54) is 23.9 Å². The Kier molecular flexibility index (Phi) is 4.39. The molecule has 0 saturated carbocycles. The molecule has 2 aromatic rings. The van der Waals surface area contributed by atoms with E-state index in [-0.39, 0.29) is 5.56 Å². The molecule has 0 amide bonds. The number of aromatic nitrogens is 2. The van der Waals surface area contributed by atoms with Gasteiger partial charge in [0, 0.05) is 23.6 Å². The Bertz CT molecular complexity index is 677. The lowest BCUT2D eigenvalue weighted by Gasteiger charge is -2.28. The van der Waals surface area contributed by atoms with E-state index in [0.717, 1.165) is 28.8 Å². The molecule has 1 aliphatic rings. The summed E-state index contributed by atoms with van der Waals surface area (Å²) in [5.41, 5.74) is 1.97. The Hall–Kier alpha value is -1.62. The third-order valence-electron chi connectivity index (χ3n) is 3.80. The first-order valence-corrected chi connectivity index (χ1v) is 8.08. The average molecular weight is 348 g/mol. The quantitative estimate of drug-likeness (QED) is 0.856. The van der Waals surface area contributed by atoms with Crippen LogP contribution in [-0.2, 0) is 6.54 Å². The van der Waals surface area contributed by atoms with E-state index >= 15 is 0 Å². The van der Waals surface area contributed by atoms with Gasteiger partial charge in [-0.15, -0.1) is 0 Å². The fourth-order valence-electron chi connectivity index (χ4n) is 2.68. The second kappa shape index (κ2) is 6.43. The molecule has 2 heterocycles. The summed E-state index contributed by atoms with van der Waals surface area (Å²) in [5, 5.41) is 4.33. The zero-order chi connectivity index (χ0) is 14.7. The topological polar surface area (TPSA) is 38.1 Å². The minimum absolute atomic E-state index is 0.0435. The van der Waals surface area contributed by atoms with Crippen LogP contribution >= 0.6 is 15.9 Å². The Morgan fingerprint density at radius 2 is 1.95 bits per heavy atom. The first kappa shape index (κ1) is 14.3. The third-order valence-corrected chi connectivity index (χ3v) is 4.29. The van der Waals surface area contributed by atoms with Crippen LogP contribution in [0.2, 0.25) is 0 Å². The fraction of sp³-hybridized carbons (Fsp3) is 0.375. The van der Waals surface area contributed by atoms with E-state index in [1.807, 2.05) is 30.5 Å². The van der Waals surface area contributed by atoms with Crippen LogP contribution in [0.15, 0.2) is 45.8 Å². The molecule has 1 aromatic carbocycles. The number of piperidine rings is 1. The third kappa shape index (κ3) is 3.53. The lowest BCUT2D eigenvalue weighted by molar-refractivity contribution is 0.571. The Labute approximate surface area is 132 Å². The normalized spacial score (nSPS) is 15.2. The van der Waals surface area contributed by atoms with Crippen molar-refractivity contribution in [3.8, 4) is 0 Å². The van der Waals surface area contributed by atoms with Crippen LogP contribution in [0.3, 0.4) is 0 Å². The number of benzene rings is 1. The number of nitrogens with zero attached hydrogens (tertiary/aromatic N) is 3. The minimum Gasteiger partial charge on any atom is -0.370 e. The predicted octanol–water partition coefficient (Wildman–Crippen LogP) is 3.04. The van der Waals surface area contributed by atoms with E-state index < -0.39 is 0 Å². The van der Waals surface area contributed by atoms with Gasteiger partial charge in [0.2, 0.25) is 0 Å². The van der Waals surface area contributed by atoms with E-state index in [9.17, 15) is 4.79 Å². The summed E-state index contributed by atoms with van der Waals surface area (Å²) in [6.07, 6.45) is 5.48. The lowest BCUT2D eigenvalue weighted by atomic mass is 10.1. The van der Waals surface area contributed by atoms with Gasteiger partial charge >= 0.3 is 0 Å². The summed E-state index contributed by atoms with van der Waals surface area (Å²) >= 11 is 3.44. The van der Waals surface area contributed by atoms with Crippen LogP contribution in [0.5, 0.6) is 0 Å². The molecular weight excluding hydrogens is 330 g/mol. The highest BCUT2D eigenvalue weighted by Gasteiger charge is 2.12. The van der Waals surface area contributed by atoms with E-state index in [0.29, 0.717) is 6.54 Å². The van der Waals surface area contributed by atoms with Crippen LogP contribution in [0.4, 0.5) is 5.69 Å². The molecule has 1 saturated heterocycles. The molecule has 0 spiro atoms. The van der Waals surface area contributed by atoms with Crippen LogP contribution in [0.1, 0.15) is 24.8 Å². The maximum Gasteiger partial charge on any atom is 0.269 e. The van der Waals surface area contributed by atoms with Gasteiger partial charge in [0.05, 0.1) is 18.4 Å². The van der Waals surface area contributed by atoms with Crippen molar-refractivity contribution in [1.29, 1.82) is 0 Å². The highest BCUT2D eigenvalue weighted by atomic mass is 79.9. The zero-order valence-electron chi connectivity index (χ0n) is 11.8. The second-order valence-corrected chi connectivity index (χ2v) is 6.30. The number of anilines is 1. The SMILES string of the molecule is O=c1cc(N2CCCCC2)cnn1Cc1cccc(Br)c1. The van der Waals surface area contributed by atoms with Gasteiger partial charge in [0.25, 0.3) is 5.56 Å². The number of rotatable bonds is 3. The van der Waals surface area contributed by atoms with Gasteiger partial charge in [0.1, 0.15) is 0 Å². The highest BCUT2D eigenvalue weighted by Crippen LogP contribution is 2.17. The van der Waals surface area contributed by atoms with Crippen molar-refractivity contribution >= 4 is 21.6 Å². The molecule has 21 heavy (non-hydrogen) atoms. The minimum atomic E-state index is -0.0435. The van der Waals surface area contributed by atoms with E-state index in [4.69, 9.17) is 0 Å². The van der Waals surface area contributed by atoms with Crippen molar-refractivity contribution < 1.29 is 0 Å². The molecule has 110 valence electrons. The largest absolute Gasteiger partial charge is 0.370 e. The Morgan fingerprint density at radius 1 is 1.14 bits per heavy atom. The molecule has 3 rings (SSSR count). The molecular formula is C16H18BrN3O. The van der Waals surface area contributed by atoms with Crippen molar-refractivity contribution in [3.63, 3.8) is 0 Å². The first-order chi connectivity index (χ1) is 10.2. The van der Waals surface area contributed by atoms with Gasteiger partial charge in [-0.05, 0) is 37.0 Å². The standard InChI is InChI=1S/C16H18BrN3O/c17-14-6-4-5-13(9-14)12-20-16(21)10-15(11-18-20)19-7-2-1-3-8-19/h4-6,9-11H,1-3,7-8,12H2. The predicted molar refractivity (Wildman–Crippen MR) is 87.8 cm³/mol. The molecule has 0 radical (unpaired) electrons. The van der Waals surface area contributed by atoms with Gasteiger partial charge in [-0.25, -0.2) is 4.68 Å². The summed E-state index contributed by atoms with van der Waals surface area (Å²) < 4.78 is 2.52. The summed E-state index contributed by atoms with van der Waals surface area (Å²) in [4.78, 5) is 14.5. The molecule has 0 atom stereocenters. The summed E-state index contributed by atoms with van der Waals surface area (Å²) in [6.45, 7) is 2.55. The van der Waals surface area contributed by atoms with Gasteiger partial charge < -0.3 is 4.90 Å². The van der Waals surface area contributed by atoms with Crippen LogP contribution in [-0.4, -0.2) is 22.9 Å². The van der Waals surface area contributed by atoms with E-state index in [1.54, 1.807) is 6.07 Å². The molecule has 0 bridgehead atoms. The molecule has 1 aromatic heterocycles. The van der Waals surface area contributed by atoms with Crippen LogP contribution in [0.25, 0.3) is 0 Å². The maximum atomic E-state index is 12.2. The van der Waals surface area contributed by atoms with Crippen molar-refractivity contribution in [2.24, 2.45) is 0 Å².